The van der Waals surface area contributed by atoms with E-state index in [2.05, 4.69) is 15.9 Å². The Morgan fingerprint density at radius 2 is 2.15 bits per heavy atom. The Hall–Kier alpha value is -0.500. The summed E-state index contributed by atoms with van der Waals surface area (Å²) in [5.74, 6) is -0.583. The number of hydrogen-bond donors (Lipinski definition) is 1. The molecule has 1 aromatic carbocycles. The molecule has 2 rings (SSSR count). The van der Waals surface area contributed by atoms with Crippen LogP contribution in [0.15, 0.2) is 27.6 Å². The highest BCUT2D eigenvalue weighted by Gasteiger charge is 2.35. The van der Waals surface area contributed by atoms with Gasteiger partial charge in [0.2, 0.25) is 10.0 Å². The van der Waals surface area contributed by atoms with Crippen molar-refractivity contribution in [3.05, 3.63) is 28.5 Å². The van der Waals surface area contributed by atoms with E-state index in [0.717, 1.165) is 25.3 Å². The monoisotopic (exact) mass is 364 g/mol. The van der Waals surface area contributed by atoms with Gasteiger partial charge in [0.25, 0.3) is 0 Å². The maximum Gasteiger partial charge on any atom is 0.243 e. The minimum absolute atomic E-state index is 0.0225. The zero-order chi connectivity index (χ0) is 14.9. The van der Waals surface area contributed by atoms with Gasteiger partial charge in [-0.1, -0.05) is 6.42 Å². The molecule has 4 nitrogen and oxygen atoms in total. The van der Waals surface area contributed by atoms with Gasteiger partial charge in [-0.15, -0.1) is 0 Å². The number of piperidine rings is 1. The highest BCUT2D eigenvalue weighted by atomic mass is 79.9. The molecule has 0 bridgehead atoms. The van der Waals surface area contributed by atoms with Crippen LogP contribution in [0, 0.1) is 5.82 Å². The maximum atomic E-state index is 13.6. The third-order valence-electron chi connectivity index (χ3n) is 3.60. The molecule has 2 N–H and O–H groups in total. The Morgan fingerprint density at radius 1 is 1.45 bits per heavy atom. The van der Waals surface area contributed by atoms with Crippen LogP contribution in [0.1, 0.15) is 26.2 Å². The molecule has 0 amide bonds. The van der Waals surface area contributed by atoms with Crippen LogP contribution in [0.4, 0.5) is 4.39 Å². The van der Waals surface area contributed by atoms with E-state index in [9.17, 15) is 12.8 Å². The molecular weight excluding hydrogens is 347 g/mol. The van der Waals surface area contributed by atoms with Gasteiger partial charge in [-0.25, -0.2) is 12.8 Å². The number of nitrogens with zero attached hydrogens (tertiary/aromatic N) is 1. The van der Waals surface area contributed by atoms with Crippen molar-refractivity contribution < 1.29 is 12.8 Å². The van der Waals surface area contributed by atoms with Gasteiger partial charge in [0.1, 0.15) is 5.82 Å². The van der Waals surface area contributed by atoms with Gasteiger partial charge in [-0.2, -0.15) is 4.31 Å². The second kappa shape index (κ2) is 6.09. The van der Waals surface area contributed by atoms with E-state index < -0.39 is 15.8 Å². The van der Waals surface area contributed by atoms with Gasteiger partial charge in [0.15, 0.2) is 0 Å². The van der Waals surface area contributed by atoms with Crippen LogP contribution in [-0.4, -0.2) is 31.4 Å². The summed E-state index contributed by atoms with van der Waals surface area (Å²) in [5.41, 5.74) is 5.90. The lowest BCUT2D eigenvalue weighted by molar-refractivity contribution is 0.227. The predicted molar refractivity (Wildman–Crippen MR) is 79.3 cm³/mol. The average molecular weight is 365 g/mol. The molecule has 20 heavy (non-hydrogen) atoms. The minimum atomic E-state index is -3.70. The zero-order valence-electron chi connectivity index (χ0n) is 11.2. The Balaban J connectivity index is 2.39. The summed E-state index contributed by atoms with van der Waals surface area (Å²) < 4.78 is 40.6. The number of nitrogens with two attached hydrogens (primary N) is 1. The van der Waals surface area contributed by atoms with E-state index in [0.29, 0.717) is 6.54 Å². The molecular formula is C13H18BrFN2O2S. The van der Waals surface area contributed by atoms with Crippen molar-refractivity contribution in [2.75, 3.05) is 6.54 Å². The quantitative estimate of drug-likeness (QED) is 0.895. The van der Waals surface area contributed by atoms with Crippen LogP contribution in [-0.2, 0) is 10.0 Å². The van der Waals surface area contributed by atoms with Crippen LogP contribution in [0.5, 0.6) is 0 Å². The smallest absolute Gasteiger partial charge is 0.243 e. The second-order valence-electron chi connectivity index (χ2n) is 5.11. The van der Waals surface area contributed by atoms with E-state index in [1.165, 1.54) is 16.4 Å². The van der Waals surface area contributed by atoms with E-state index >= 15 is 0 Å². The van der Waals surface area contributed by atoms with Gasteiger partial charge in [-0.3, -0.25) is 0 Å². The van der Waals surface area contributed by atoms with E-state index in [4.69, 9.17) is 5.73 Å². The van der Waals surface area contributed by atoms with Crippen molar-refractivity contribution in [3.63, 3.8) is 0 Å². The van der Waals surface area contributed by atoms with Crippen molar-refractivity contribution in [1.82, 2.24) is 4.31 Å². The first-order valence-corrected chi connectivity index (χ1v) is 8.80. The molecule has 0 saturated carbocycles. The fourth-order valence-electron chi connectivity index (χ4n) is 2.53. The van der Waals surface area contributed by atoms with E-state index in [-0.39, 0.29) is 21.5 Å². The summed E-state index contributed by atoms with van der Waals surface area (Å²) in [6.07, 6.45) is 2.52. The largest absolute Gasteiger partial charge is 0.326 e. The highest BCUT2D eigenvalue weighted by Crippen LogP contribution is 2.28. The summed E-state index contributed by atoms with van der Waals surface area (Å²) >= 11 is 3.02. The SMILES string of the molecule is CC(N)C1CCCCN1S(=O)(=O)c1ccc(Br)c(F)c1. The van der Waals surface area contributed by atoms with Gasteiger partial charge < -0.3 is 5.73 Å². The molecule has 1 saturated heterocycles. The summed E-state index contributed by atoms with van der Waals surface area (Å²) in [7, 11) is -3.70. The van der Waals surface area contributed by atoms with Crippen molar-refractivity contribution in [2.24, 2.45) is 5.73 Å². The zero-order valence-corrected chi connectivity index (χ0v) is 13.6. The number of rotatable bonds is 3. The average Bonchev–Trinajstić information content (AvgIpc) is 2.41. The van der Waals surface area contributed by atoms with Crippen LogP contribution in [0.2, 0.25) is 0 Å². The summed E-state index contributed by atoms with van der Waals surface area (Å²) in [6.45, 7) is 2.24. The van der Waals surface area contributed by atoms with Crippen LogP contribution < -0.4 is 5.73 Å². The molecule has 112 valence electrons. The molecule has 1 aliphatic rings. The van der Waals surface area contributed by atoms with Crippen LogP contribution >= 0.6 is 15.9 Å². The van der Waals surface area contributed by atoms with Crippen LogP contribution in [0.3, 0.4) is 0 Å². The molecule has 2 unspecified atom stereocenters. The standard InChI is InChI=1S/C13H18BrFN2O2S/c1-9(16)13-4-2-3-7-17(13)20(18,19)10-5-6-11(14)12(15)8-10/h5-6,8-9,13H,2-4,7,16H2,1H3. The molecule has 1 heterocycles. The summed E-state index contributed by atoms with van der Waals surface area (Å²) in [6, 6.07) is 3.40. The third kappa shape index (κ3) is 3.05. The summed E-state index contributed by atoms with van der Waals surface area (Å²) in [5, 5.41) is 0. The van der Waals surface area contributed by atoms with Gasteiger partial charge in [0, 0.05) is 18.6 Å². The number of sulfonamides is 1. The number of halogens is 2. The normalized spacial score (nSPS) is 22.7. The fourth-order valence-corrected chi connectivity index (χ4v) is 4.56. The van der Waals surface area contributed by atoms with Crippen molar-refractivity contribution >= 4 is 26.0 Å². The lowest BCUT2D eigenvalue weighted by Gasteiger charge is -2.36. The molecule has 0 aromatic heterocycles. The molecule has 7 heteroatoms. The molecule has 0 spiro atoms. The Labute approximate surface area is 127 Å². The number of hydrogen-bond acceptors (Lipinski definition) is 3. The minimum Gasteiger partial charge on any atom is -0.326 e. The van der Waals surface area contributed by atoms with Crippen molar-refractivity contribution in [1.29, 1.82) is 0 Å². The first kappa shape index (κ1) is 15.9. The lowest BCUT2D eigenvalue weighted by Crippen LogP contribution is -2.51. The highest BCUT2D eigenvalue weighted by molar-refractivity contribution is 9.10. The molecule has 1 aromatic rings. The van der Waals surface area contributed by atoms with Crippen molar-refractivity contribution in [3.8, 4) is 0 Å². The third-order valence-corrected chi connectivity index (χ3v) is 6.17. The first-order chi connectivity index (χ1) is 9.34. The van der Waals surface area contributed by atoms with E-state index in [1.807, 2.05) is 0 Å². The maximum absolute atomic E-state index is 13.6. The molecule has 1 aliphatic heterocycles. The van der Waals surface area contributed by atoms with Gasteiger partial charge in [-0.05, 0) is 53.9 Å². The Bertz CT molecular complexity index is 592. The summed E-state index contributed by atoms with van der Waals surface area (Å²) in [4.78, 5) is -0.0225. The first-order valence-electron chi connectivity index (χ1n) is 6.56. The molecule has 2 atom stereocenters. The molecule has 1 fully saturated rings. The van der Waals surface area contributed by atoms with E-state index in [1.54, 1.807) is 6.92 Å². The Kier molecular flexibility index (Phi) is 4.84. The lowest BCUT2D eigenvalue weighted by atomic mass is 10.00. The Morgan fingerprint density at radius 3 is 2.75 bits per heavy atom. The molecule has 0 radical (unpaired) electrons. The number of benzene rings is 1. The van der Waals surface area contributed by atoms with Crippen molar-refractivity contribution in [2.45, 2.75) is 43.2 Å². The fraction of sp³-hybridized carbons (Fsp3) is 0.538. The second-order valence-corrected chi connectivity index (χ2v) is 7.86. The van der Waals surface area contributed by atoms with Gasteiger partial charge >= 0.3 is 0 Å². The van der Waals surface area contributed by atoms with Crippen LogP contribution in [0.25, 0.3) is 0 Å². The predicted octanol–water partition coefficient (Wildman–Crippen LogP) is 2.48. The molecule has 0 aliphatic carbocycles. The van der Waals surface area contributed by atoms with Gasteiger partial charge in [0.05, 0.1) is 9.37 Å². The topological polar surface area (TPSA) is 63.4 Å².